The minimum atomic E-state index is -0.0432. The third-order valence-electron chi connectivity index (χ3n) is 6.25. The number of fused-ring (bicyclic) bond motifs is 1. The molecule has 1 aliphatic heterocycles. The van der Waals surface area contributed by atoms with Crippen LogP contribution in [0.3, 0.4) is 0 Å². The Balaban J connectivity index is 1.41. The Morgan fingerprint density at radius 1 is 1.00 bits per heavy atom. The minimum absolute atomic E-state index is 0.0247. The Bertz CT molecular complexity index is 888. The smallest absolute Gasteiger partial charge is 0.251 e. The van der Waals surface area contributed by atoms with Crippen LogP contribution in [0.5, 0.6) is 0 Å². The second-order valence-corrected chi connectivity index (χ2v) is 8.29. The molecule has 0 saturated carbocycles. The maximum Gasteiger partial charge on any atom is 0.251 e. The van der Waals surface area contributed by atoms with Gasteiger partial charge in [-0.3, -0.25) is 9.59 Å². The van der Waals surface area contributed by atoms with Gasteiger partial charge in [0.05, 0.1) is 6.04 Å². The van der Waals surface area contributed by atoms with Crippen molar-refractivity contribution in [3.05, 3.63) is 70.3 Å². The number of aryl methyl sites for hydroxylation is 2. The number of hydrogen-bond acceptors (Lipinski definition) is 2. The summed E-state index contributed by atoms with van der Waals surface area (Å²) in [7, 11) is 0. The van der Waals surface area contributed by atoms with Crippen LogP contribution in [0.25, 0.3) is 0 Å². The predicted molar refractivity (Wildman–Crippen MR) is 115 cm³/mol. The fourth-order valence-corrected chi connectivity index (χ4v) is 4.49. The molecule has 1 fully saturated rings. The molecule has 1 unspecified atom stereocenters. The van der Waals surface area contributed by atoms with Gasteiger partial charge in [0.25, 0.3) is 5.91 Å². The summed E-state index contributed by atoms with van der Waals surface area (Å²) in [5, 5.41) is 3.20. The highest BCUT2D eigenvalue weighted by Gasteiger charge is 2.20. The van der Waals surface area contributed by atoms with E-state index in [0.29, 0.717) is 18.5 Å². The highest BCUT2D eigenvalue weighted by Crippen LogP contribution is 2.26. The van der Waals surface area contributed by atoms with Crippen molar-refractivity contribution < 1.29 is 9.59 Å². The van der Waals surface area contributed by atoms with Gasteiger partial charge in [-0.15, -0.1) is 0 Å². The van der Waals surface area contributed by atoms with Crippen molar-refractivity contribution in [2.24, 2.45) is 0 Å². The van der Waals surface area contributed by atoms with Crippen molar-refractivity contribution in [2.75, 3.05) is 6.54 Å². The molecule has 0 spiro atoms. The van der Waals surface area contributed by atoms with Gasteiger partial charge in [0.15, 0.2) is 0 Å². The van der Waals surface area contributed by atoms with E-state index in [-0.39, 0.29) is 17.9 Å². The van der Waals surface area contributed by atoms with Crippen LogP contribution in [0, 0.1) is 0 Å². The van der Waals surface area contributed by atoms with Gasteiger partial charge in [-0.05, 0) is 72.9 Å². The number of rotatable bonds is 6. The number of carbonyl (C=O) groups is 2. The number of amides is 2. The van der Waals surface area contributed by atoms with E-state index in [1.54, 1.807) is 0 Å². The molecule has 29 heavy (non-hydrogen) atoms. The fraction of sp³-hybridized carbons (Fsp3) is 0.440. The molecule has 1 N–H and O–H groups in total. The summed E-state index contributed by atoms with van der Waals surface area (Å²) in [4.78, 5) is 26.5. The van der Waals surface area contributed by atoms with E-state index >= 15 is 0 Å². The first kappa shape index (κ1) is 19.7. The van der Waals surface area contributed by atoms with Gasteiger partial charge in [-0.2, -0.15) is 0 Å². The van der Waals surface area contributed by atoms with Crippen LogP contribution < -0.4 is 5.32 Å². The zero-order chi connectivity index (χ0) is 20.2. The lowest BCUT2D eigenvalue weighted by atomic mass is 9.88. The maximum atomic E-state index is 12.8. The Kier molecular flexibility index (Phi) is 5.98. The molecule has 2 amide bonds. The predicted octanol–water partition coefficient (Wildman–Crippen LogP) is 4.57. The zero-order valence-corrected chi connectivity index (χ0v) is 17.2. The number of nitrogens with zero attached hydrogens (tertiary/aromatic N) is 1. The summed E-state index contributed by atoms with van der Waals surface area (Å²) in [5.41, 5.74) is 5.85. The standard InChI is InChI=1S/C25H30N2O2/c1-2-23(22-14-13-19-6-3-4-7-21(19)16-22)26-25(29)20-11-9-18(10-12-20)17-27-15-5-8-24(27)28/h9-14,16,23H,2-8,15,17H2,1H3,(H,26,29). The molecule has 2 aromatic rings. The van der Waals surface area contributed by atoms with Gasteiger partial charge in [-0.1, -0.05) is 37.3 Å². The molecule has 2 aromatic carbocycles. The first-order valence-corrected chi connectivity index (χ1v) is 10.9. The van der Waals surface area contributed by atoms with E-state index in [0.717, 1.165) is 31.4 Å². The lowest BCUT2D eigenvalue weighted by Crippen LogP contribution is -2.28. The summed E-state index contributed by atoms with van der Waals surface area (Å²) >= 11 is 0. The van der Waals surface area contributed by atoms with E-state index in [1.807, 2.05) is 29.2 Å². The number of nitrogens with one attached hydrogen (secondary N) is 1. The first-order valence-electron chi connectivity index (χ1n) is 10.9. The average molecular weight is 391 g/mol. The van der Waals surface area contributed by atoms with E-state index in [4.69, 9.17) is 0 Å². The molecule has 0 bridgehead atoms. The summed E-state index contributed by atoms with van der Waals surface area (Å²) < 4.78 is 0. The Morgan fingerprint density at radius 3 is 2.45 bits per heavy atom. The number of benzene rings is 2. The SMILES string of the molecule is CCC(NC(=O)c1ccc(CN2CCCC2=O)cc1)c1ccc2c(c1)CCCC2. The second-order valence-electron chi connectivity index (χ2n) is 8.29. The van der Waals surface area contributed by atoms with Crippen molar-refractivity contribution >= 4 is 11.8 Å². The van der Waals surface area contributed by atoms with E-state index in [1.165, 1.54) is 36.0 Å². The Morgan fingerprint density at radius 2 is 1.76 bits per heavy atom. The fourth-order valence-electron chi connectivity index (χ4n) is 4.49. The summed E-state index contributed by atoms with van der Waals surface area (Å²) in [6.45, 7) is 3.58. The van der Waals surface area contributed by atoms with Crippen molar-refractivity contribution in [3.63, 3.8) is 0 Å². The van der Waals surface area contributed by atoms with Gasteiger partial charge in [0, 0.05) is 25.1 Å². The summed E-state index contributed by atoms with van der Waals surface area (Å²) in [5.74, 6) is 0.182. The van der Waals surface area contributed by atoms with Crippen molar-refractivity contribution in [1.82, 2.24) is 10.2 Å². The molecule has 0 aromatic heterocycles. The van der Waals surface area contributed by atoms with Gasteiger partial charge >= 0.3 is 0 Å². The maximum absolute atomic E-state index is 12.8. The molecule has 1 aliphatic carbocycles. The van der Waals surface area contributed by atoms with E-state index < -0.39 is 0 Å². The molecule has 4 nitrogen and oxygen atoms in total. The first-order chi connectivity index (χ1) is 14.1. The minimum Gasteiger partial charge on any atom is -0.345 e. The Labute approximate surface area is 173 Å². The topological polar surface area (TPSA) is 49.4 Å². The quantitative estimate of drug-likeness (QED) is 0.785. The van der Waals surface area contributed by atoms with Crippen LogP contribution in [0.4, 0.5) is 0 Å². The second kappa shape index (κ2) is 8.81. The summed E-state index contributed by atoms with van der Waals surface area (Å²) in [6, 6.07) is 14.4. The molecule has 152 valence electrons. The molecular formula is C25H30N2O2. The lowest BCUT2D eigenvalue weighted by Gasteiger charge is -2.22. The molecule has 2 aliphatic rings. The van der Waals surface area contributed by atoms with Gasteiger partial charge < -0.3 is 10.2 Å². The van der Waals surface area contributed by atoms with Crippen LogP contribution >= 0.6 is 0 Å². The number of hydrogen-bond donors (Lipinski definition) is 1. The molecule has 1 heterocycles. The van der Waals surface area contributed by atoms with Crippen molar-refractivity contribution in [2.45, 2.75) is 64.5 Å². The van der Waals surface area contributed by atoms with Crippen LogP contribution in [-0.2, 0) is 24.2 Å². The van der Waals surface area contributed by atoms with Crippen LogP contribution in [-0.4, -0.2) is 23.3 Å². The molecule has 1 atom stereocenters. The van der Waals surface area contributed by atoms with Crippen LogP contribution in [0.1, 0.15) is 77.7 Å². The highest BCUT2D eigenvalue weighted by atomic mass is 16.2. The molecule has 4 rings (SSSR count). The highest BCUT2D eigenvalue weighted by molar-refractivity contribution is 5.94. The van der Waals surface area contributed by atoms with E-state index in [9.17, 15) is 9.59 Å². The van der Waals surface area contributed by atoms with E-state index in [2.05, 4.69) is 30.4 Å². The monoisotopic (exact) mass is 390 g/mol. The molecule has 0 radical (unpaired) electrons. The largest absolute Gasteiger partial charge is 0.345 e. The Hall–Kier alpha value is -2.62. The lowest BCUT2D eigenvalue weighted by molar-refractivity contribution is -0.128. The molecular weight excluding hydrogens is 360 g/mol. The van der Waals surface area contributed by atoms with Crippen molar-refractivity contribution in [3.8, 4) is 0 Å². The third kappa shape index (κ3) is 4.52. The van der Waals surface area contributed by atoms with Gasteiger partial charge in [0.2, 0.25) is 5.91 Å². The van der Waals surface area contributed by atoms with Crippen molar-refractivity contribution in [1.29, 1.82) is 0 Å². The van der Waals surface area contributed by atoms with Gasteiger partial charge in [-0.25, -0.2) is 0 Å². The summed E-state index contributed by atoms with van der Waals surface area (Å²) in [6.07, 6.45) is 7.32. The average Bonchev–Trinajstić information content (AvgIpc) is 3.16. The van der Waals surface area contributed by atoms with Crippen LogP contribution in [0.15, 0.2) is 42.5 Å². The molecule has 4 heteroatoms. The van der Waals surface area contributed by atoms with Gasteiger partial charge in [0.1, 0.15) is 0 Å². The third-order valence-corrected chi connectivity index (χ3v) is 6.25. The zero-order valence-electron chi connectivity index (χ0n) is 17.2. The number of likely N-dealkylation sites (tertiary alicyclic amines) is 1. The van der Waals surface area contributed by atoms with Crippen LogP contribution in [0.2, 0.25) is 0 Å². The molecule has 1 saturated heterocycles. The number of carbonyl (C=O) groups excluding carboxylic acids is 2. The normalized spacial score (nSPS) is 17.1.